The van der Waals surface area contributed by atoms with Crippen molar-refractivity contribution >= 4 is 49.3 Å². The number of hydrogen-bond donors (Lipinski definition) is 0. The number of aldehydes is 1. The molecule has 0 spiro atoms. The zero-order valence-electron chi connectivity index (χ0n) is 14.6. The Morgan fingerprint density at radius 1 is 0.923 bits per heavy atom. The van der Waals surface area contributed by atoms with Gasteiger partial charge in [-0.2, -0.15) is 5.26 Å². The van der Waals surface area contributed by atoms with Gasteiger partial charge in [0.1, 0.15) is 0 Å². The van der Waals surface area contributed by atoms with E-state index < -0.39 is 0 Å². The second-order valence-electron chi connectivity index (χ2n) is 6.54. The second-order valence-corrected chi connectivity index (χ2v) is 8.37. The molecule has 26 heavy (non-hydrogen) atoms. The molecular weight excluding hydrogens is 454 g/mol. The number of carbonyl (C=O) groups excluding carboxylic acids is 1. The molecular formula is C22H17Br2NO. The fourth-order valence-electron chi connectivity index (χ4n) is 3.46. The highest BCUT2D eigenvalue weighted by Gasteiger charge is 2.18. The molecule has 4 rings (SSSR count). The fourth-order valence-corrected chi connectivity index (χ4v) is 4.28. The van der Waals surface area contributed by atoms with Crippen LogP contribution in [0.2, 0.25) is 0 Å². The molecule has 2 aromatic rings. The predicted octanol–water partition coefficient (Wildman–Crippen LogP) is 6.28. The minimum absolute atomic E-state index is 0.850. The monoisotopic (exact) mass is 469 g/mol. The molecule has 2 aliphatic carbocycles. The van der Waals surface area contributed by atoms with Crippen LogP contribution in [0.5, 0.6) is 0 Å². The second kappa shape index (κ2) is 7.73. The molecule has 2 aromatic carbocycles. The lowest BCUT2D eigenvalue weighted by atomic mass is 10.1. The van der Waals surface area contributed by atoms with Gasteiger partial charge in [0.2, 0.25) is 0 Å². The Morgan fingerprint density at radius 3 is 2.04 bits per heavy atom. The van der Waals surface area contributed by atoms with E-state index in [0.717, 1.165) is 50.3 Å². The Kier molecular flexibility index (Phi) is 5.60. The summed E-state index contributed by atoms with van der Waals surface area (Å²) in [7, 11) is 0. The molecule has 130 valence electrons. The van der Waals surface area contributed by atoms with Gasteiger partial charge < -0.3 is 0 Å². The third-order valence-electron chi connectivity index (χ3n) is 4.72. The molecule has 0 fully saturated rings. The average Bonchev–Trinajstić information content (AvgIpc) is 3.08. The maximum Gasteiger partial charge on any atom is 0.150 e. The Labute approximate surface area is 170 Å². The smallest absolute Gasteiger partial charge is 0.150 e. The molecule has 0 radical (unpaired) electrons. The molecule has 0 saturated heterocycles. The fraction of sp³-hybridized carbons (Fsp3) is 0.182. The topological polar surface area (TPSA) is 40.9 Å². The van der Waals surface area contributed by atoms with Crippen LogP contribution in [-0.4, -0.2) is 6.29 Å². The summed E-state index contributed by atoms with van der Waals surface area (Å²) in [6.07, 6.45) is 2.77. The van der Waals surface area contributed by atoms with E-state index in [1.54, 1.807) is 0 Å². The van der Waals surface area contributed by atoms with Crippen LogP contribution < -0.4 is 0 Å². The lowest BCUT2D eigenvalue weighted by Gasteiger charge is -1.99. The molecule has 2 aliphatic rings. The summed E-state index contributed by atoms with van der Waals surface area (Å²) in [5.74, 6) is 0. The van der Waals surface area contributed by atoms with Gasteiger partial charge in [-0.15, -0.1) is 0 Å². The quantitative estimate of drug-likeness (QED) is 0.460. The number of nitrogens with zero attached hydrogens (tertiary/aromatic N) is 1. The average molecular weight is 471 g/mol. The maximum atomic E-state index is 10.8. The van der Waals surface area contributed by atoms with E-state index in [1.807, 2.05) is 38.1 Å². The number of halogens is 2. The van der Waals surface area contributed by atoms with Crippen molar-refractivity contribution in [2.45, 2.75) is 26.7 Å². The molecule has 0 amide bonds. The van der Waals surface area contributed by atoms with Crippen LogP contribution in [0, 0.1) is 11.3 Å². The lowest BCUT2D eigenvalue weighted by Crippen LogP contribution is -1.84. The van der Waals surface area contributed by atoms with Crippen molar-refractivity contribution in [1.29, 1.82) is 5.26 Å². The summed E-state index contributed by atoms with van der Waals surface area (Å²) in [5, 5.41) is 8.93. The Bertz CT molecular complexity index is 1010. The highest BCUT2D eigenvalue weighted by molar-refractivity contribution is 9.10. The number of nitriles is 1. The summed E-state index contributed by atoms with van der Waals surface area (Å²) < 4.78 is 2.16. The minimum Gasteiger partial charge on any atom is -0.298 e. The van der Waals surface area contributed by atoms with E-state index in [4.69, 9.17) is 5.26 Å². The van der Waals surface area contributed by atoms with Gasteiger partial charge in [-0.25, -0.2) is 0 Å². The molecule has 0 bridgehead atoms. The van der Waals surface area contributed by atoms with E-state index in [-0.39, 0.29) is 0 Å². The van der Waals surface area contributed by atoms with Crippen molar-refractivity contribution in [3.63, 3.8) is 0 Å². The number of hydrogen-bond acceptors (Lipinski definition) is 2. The number of benzene rings is 2. The van der Waals surface area contributed by atoms with Gasteiger partial charge in [-0.1, -0.05) is 55.1 Å². The van der Waals surface area contributed by atoms with Gasteiger partial charge in [-0.3, -0.25) is 4.79 Å². The van der Waals surface area contributed by atoms with Crippen molar-refractivity contribution in [1.82, 2.24) is 0 Å². The third-order valence-corrected chi connectivity index (χ3v) is 5.71. The molecule has 4 heteroatoms. The Morgan fingerprint density at radius 2 is 1.46 bits per heavy atom. The zero-order chi connectivity index (χ0) is 18.8. The summed E-state index contributed by atoms with van der Waals surface area (Å²) in [6, 6.07) is 14.4. The van der Waals surface area contributed by atoms with Crippen molar-refractivity contribution in [2.75, 3.05) is 0 Å². The van der Waals surface area contributed by atoms with E-state index >= 15 is 0 Å². The molecule has 0 aromatic heterocycles. The van der Waals surface area contributed by atoms with Crippen molar-refractivity contribution in [2.24, 2.45) is 0 Å². The molecule has 0 atom stereocenters. The minimum atomic E-state index is 0.850. The highest BCUT2D eigenvalue weighted by atomic mass is 79.9. The van der Waals surface area contributed by atoms with Crippen LogP contribution >= 0.6 is 31.9 Å². The number of allylic oxidation sites excluding steroid dienone is 4. The summed E-state index contributed by atoms with van der Waals surface area (Å²) in [6.45, 7) is 4.03. The first-order valence-electron chi connectivity index (χ1n) is 8.27. The number of fused-ring (bicyclic) bond motifs is 2. The summed E-state index contributed by atoms with van der Waals surface area (Å²) >= 11 is 6.85. The first-order valence-corrected chi connectivity index (χ1v) is 9.85. The molecule has 0 saturated carbocycles. The van der Waals surface area contributed by atoms with Gasteiger partial charge >= 0.3 is 0 Å². The van der Waals surface area contributed by atoms with Crippen molar-refractivity contribution < 1.29 is 4.79 Å². The maximum absolute atomic E-state index is 10.8. The largest absolute Gasteiger partial charge is 0.298 e. The summed E-state index contributed by atoms with van der Waals surface area (Å²) in [4.78, 5) is 10.8. The van der Waals surface area contributed by atoms with Gasteiger partial charge in [0.15, 0.2) is 6.29 Å². The van der Waals surface area contributed by atoms with Crippen LogP contribution in [-0.2, 0) is 17.6 Å². The van der Waals surface area contributed by atoms with Gasteiger partial charge in [0.25, 0.3) is 0 Å². The third kappa shape index (κ3) is 3.60. The van der Waals surface area contributed by atoms with E-state index in [1.165, 1.54) is 22.3 Å². The predicted molar refractivity (Wildman–Crippen MR) is 113 cm³/mol. The van der Waals surface area contributed by atoms with Crippen LogP contribution in [0.15, 0.2) is 56.5 Å². The molecule has 0 aliphatic heterocycles. The van der Waals surface area contributed by atoms with Crippen molar-refractivity contribution in [3.8, 4) is 6.07 Å². The summed E-state index contributed by atoms with van der Waals surface area (Å²) in [5.41, 5.74) is 8.75. The van der Waals surface area contributed by atoms with Gasteiger partial charge in [0.05, 0.1) is 11.6 Å². The highest BCUT2D eigenvalue weighted by Crippen LogP contribution is 2.34. The van der Waals surface area contributed by atoms with Gasteiger partial charge in [0, 0.05) is 14.5 Å². The van der Waals surface area contributed by atoms with Crippen LogP contribution in [0.4, 0.5) is 0 Å². The van der Waals surface area contributed by atoms with Crippen LogP contribution in [0.25, 0.3) is 11.1 Å². The van der Waals surface area contributed by atoms with Gasteiger partial charge in [-0.05, 0) is 73.2 Å². The lowest BCUT2D eigenvalue weighted by molar-refractivity contribution is -0.103. The zero-order valence-corrected chi connectivity index (χ0v) is 17.7. The van der Waals surface area contributed by atoms with E-state index in [0.29, 0.717) is 0 Å². The molecule has 0 N–H and O–H groups in total. The van der Waals surface area contributed by atoms with Crippen LogP contribution in [0.1, 0.15) is 36.1 Å². The normalized spacial score (nSPS) is 14.4. The Balaban J connectivity index is 0.000000151. The SMILES string of the molecule is CC1=C(C#N)c2ccc(Br)cc2C1.CC1=C(C=O)c2ccc(Br)cc2C1. The first kappa shape index (κ1) is 18.8. The molecule has 2 nitrogen and oxygen atoms in total. The number of carbonyl (C=O) groups is 1. The molecule has 0 unspecified atom stereocenters. The van der Waals surface area contributed by atoms with Crippen molar-refractivity contribution in [3.05, 3.63) is 78.7 Å². The Hall–Kier alpha value is -1.96. The van der Waals surface area contributed by atoms with E-state index in [2.05, 4.69) is 50.1 Å². The standard InChI is InChI=1S/C11H8BrN.C11H9BrO/c2*1-7-4-8-5-9(12)2-3-10(8)11(7)6-13/h2-3,5H,4H2,1H3;2-3,5-6H,4H2,1H3. The van der Waals surface area contributed by atoms with Crippen LogP contribution in [0.3, 0.4) is 0 Å². The van der Waals surface area contributed by atoms with E-state index in [9.17, 15) is 4.79 Å². The first-order chi connectivity index (χ1) is 12.4. The number of rotatable bonds is 1. The molecule has 0 heterocycles.